The molecular weight excluding hydrogens is 380 g/mol. The van der Waals surface area contributed by atoms with E-state index in [4.69, 9.17) is 11.6 Å². The van der Waals surface area contributed by atoms with Crippen molar-refractivity contribution < 1.29 is 13.2 Å². The summed E-state index contributed by atoms with van der Waals surface area (Å²) in [6.45, 7) is 0. The highest BCUT2D eigenvalue weighted by molar-refractivity contribution is 7.90. The molecule has 0 bridgehead atoms. The number of nitrogens with one attached hydrogen (secondary N) is 1. The highest BCUT2D eigenvalue weighted by Crippen LogP contribution is 2.24. The van der Waals surface area contributed by atoms with Gasteiger partial charge in [0.25, 0.3) is 5.91 Å². The maximum Gasteiger partial charge on any atom is 0.257 e. The molecule has 128 valence electrons. The summed E-state index contributed by atoms with van der Waals surface area (Å²) in [6, 6.07) is 11.3. The van der Waals surface area contributed by atoms with Crippen LogP contribution in [-0.4, -0.2) is 25.6 Å². The molecule has 2 aromatic carbocycles. The van der Waals surface area contributed by atoms with E-state index in [-0.39, 0.29) is 15.5 Å². The molecular formula is C17H13ClN2O3S2. The Bertz CT molecular complexity index is 1010. The summed E-state index contributed by atoms with van der Waals surface area (Å²) >= 11 is 7.57. The summed E-state index contributed by atoms with van der Waals surface area (Å²) in [5.41, 5.74) is 4.40. The van der Waals surface area contributed by atoms with Gasteiger partial charge in [0.05, 0.1) is 26.7 Å². The van der Waals surface area contributed by atoms with Gasteiger partial charge in [0.1, 0.15) is 0 Å². The zero-order valence-corrected chi connectivity index (χ0v) is 15.5. The third-order valence-corrected chi connectivity index (χ3v) is 5.49. The van der Waals surface area contributed by atoms with Crippen molar-refractivity contribution in [2.75, 3.05) is 11.6 Å². The second kappa shape index (κ2) is 6.95. The molecule has 0 aliphatic carbocycles. The van der Waals surface area contributed by atoms with Gasteiger partial charge in [0, 0.05) is 22.9 Å². The van der Waals surface area contributed by atoms with Crippen LogP contribution in [0.3, 0.4) is 0 Å². The number of anilines is 1. The van der Waals surface area contributed by atoms with Gasteiger partial charge >= 0.3 is 0 Å². The lowest BCUT2D eigenvalue weighted by Crippen LogP contribution is -2.13. The fourth-order valence-corrected chi connectivity index (χ4v) is 3.73. The quantitative estimate of drug-likeness (QED) is 0.724. The van der Waals surface area contributed by atoms with Crippen LogP contribution < -0.4 is 5.32 Å². The largest absolute Gasteiger partial charge is 0.322 e. The zero-order valence-electron chi connectivity index (χ0n) is 13.1. The first-order valence-electron chi connectivity index (χ1n) is 7.14. The summed E-state index contributed by atoms with van der Waals surface area (Å²) in [5.74, 6) is -0.411. The lowest BCUT2D eigenvalue weighted by Gasteiger charge is -2.08. The number of hydrogen-bond acceptors (Lipinski definition) is 5. The molecule has 1 N–H and O–H groups in total. The number of nitrogens with zero attached hydrogens (tertiary/aromatic N) is 1. The first-order chi connectivity index (χ1) is 11.8. The van der Waals surface area contributed by atoms with Crippen molar-refractivity contribution in [1.29, 1.82) is 0 Å². The van der Waals surface area contributed by atoms with Crippen LogP contribution in [0, 0.1) is 0 Å². The second-order valence-corrected chi connectivity index (χ2v) is 8.46. The van der Waals surface area contributed by atoms with Crippen LogP contribution in [0.5, 0.6) is 0 Å². The minimum atomic E-state index is -3.37. The fourth-order valence-electron chi connectivity index (χ4n) is 2.19. The van der Waals surface area contributed by atoms with Crippen LogP contribution >= 0.6 is 22.9 Å². The van der Waals surface area contributed by atoms with Crippen molar-refractivity contribution in [3.05, 3.63) is 63.9 Å². The van der Waals surface area contributed by atoms with E-state index in [1.807, 2.05) is 17.5 Å². The molecule has 3 rings (SSSR count). The van der Waals surface area contributed by atoms with Gasteiger partial charge in [0.15, 0.2) is 9.84 Å². The molecule has 5 nitrogen and oxygen atoms in total. The van der Waals surface area contributed by atoms with Crippen LogP contribution in [0.1, 0.15) is 10.4 Å². The average molecular weight is 393 g/mol. The number of hydrogen-bond donors (Lipinski definition) is 1. The van der Waals surface area contributed by atoms with E-state index in [1.54, 1.807) is 17.6 Å². The van der Waals surface area contributed by atoms with E-state index < -0.39 is 15.7 Å². The SMILES string of the molecule is CS(=O)(=O)c1ccc(C(=O)Nc2ccc(-c3cscn3)cc2)c(Cl)c1. The lowest BCUT2D eigenvalue weighted by atomic mass is 10.1. The van der Waals surface area contributed by atoms with Gasteiger partial charge in [-0.1, -0.05) is 23.7 Å². The normalized spacial score (nSPS) is 11.3. The smallest absolute Gasteiger partial charge is 0.257 e. The maximum absolute atomic E-state index is 12.4. The molecule has 0 aliphatic rings. The molecule has 0 atom stereocenters. The Morgan fingerprint density at radius 3 is 2.44 bits per heavy atom. The molecule has 1 heterocycles. The molecule has 0 fully saturated rings. The lowest BCUT2D eigenvalue weighted by molar-refractivity contribution is 0.102. The predicted molar refractivity (Wildman–Crippen MR) is 100 cm³/mol. The molecule has 0 spiro atoms. The maximum atomic E-state index is 12.4. The molecule has 25 heavy (non-hydrogen) atoms. The van der Waals surface area contributed by atoms with Crippen molar-refractivity contribution in [3.63, 3.8) is 0 Å². The minimum absolute atomic E-state index is 0.0710. The van der Waals surface area contributed by atoms with Crippen LogP contribution in [0.4, 0.5) is 5.69 Å². The van der Waals surface area contributed by atoms with Crippen molar-refractivity contribution in [1.82, 2.24) is 4.98 Å². The average Bonchev–Trinajstić information content (AvgIpc) is 3.09. The van der Waals surface area contributed by atoms with Gasteiger partial charge in [-0.2, -0.15) is 0 Å². The standard InChI is InChI=1S/C17H13ClN2O3S2/c1-25(22,23)13-6-7-14(15(18)8-13)17(21)20-12-4-2-11(3-5-12)16-9-24-10-19-16/h2-10H,1H3,(H,20,21). The molecule has 0 aliphatic heterocycles. The van der Waals surface area contributed by atoms with Gasteiger partial charge in [-0.25, -0.2) is 13.4 Å². The number of thiazole rings is 1. The second-order valence-electron chi connectivity index (χ2n) is 5.32. The summed E-state index contributed by atoms with van der Waals surface area (Å²) in [7, 11) is -3.37. The topological polar surface area (TPSA) is 76.1 Å². The van der Waals surface area contributed by atoms with Crippen LogP contribution in [0.25, 0.3) is 11.3 Å². The van der Waals surface area contributed by atoms with Gasteiger partial charge in [-0.3, -0.25) is 4.79 Å². The number of rotatable bonds is 4. The molecule has 0 saturated carbocycles. The van der Waals surface area contributed by atoms with E-state index in [0.29, 0.717) is 5.69 Å². The number of carbonyl (C=O) groups excluding carboxylic acids is 1. The van der Waals surface area contributed by atoms with Gasteiger partial charge in [-0.05, 0) is 30.3 Å². The Labute approximate surface area is 154 Å². The van der Waals surface area contributed by atoms with Crippen molar-refractivity contribution in [3.8, 4) is 11.3 Å². The fraction of sp³-hybridized carbons (Fsp3) is 0.0588. The van der Waals surface area contributed by atoms with Gasteiger partial charge in [-0.15, -0.1) is 11.3 Å². The number of carbonyl (C=O) groups is 1. The van der Waals surface area contributed by atoms with E-state index >= 15 is 0 Å². The van der Waals surface area contributed by atoms with E-state index in [1.165, 1.54) is 29.5 Å². The number of benzene rings is 2. The van der Waals surface area contributed by atoms with Crippen LogP contribution in [-0.2, 0) is 9.84 Å². The minimum Gasteiger partial charge on any atom is -0.322 e. The zero-order chi connectivity index (χ0) is 18.0. The van der Waals surface area contributed by atoms with Crippen LogP contribution in [0.2, 0.25) is 5.02 Å². The summed E-state index contributed by atoms with van der Waals surface area (Å²) in [6.07, 6.45) is 1.09. The summed E-state index contributed by atoms with van der Waals surface area (Å²) in [4.78, 5) is 16.7. The third-order valence-electron chi connectivity index (χ3n) is 3.48. The van der Waals surface area contributed by atoms with Gasteiger partial charge < -0.3 is 5.32 Å². The first kappa shape index (κ1) is 17.6. The molecule has 0 unspecified atom stereocenters. The third kappa shape index (κ3) is 4.07. The first-order valence-corrected chi connectivity index (χ1v) is 10.4. The van der Waals surface area contributed by atoms with Gasteiger partial charge in [0.2, 0.25) is 0 Å². The van der Waals surface area contributed by atoms with Crippen molar-refractivity contribution in [2.24, 2.45) is 0 Å². The van der Waals surface area contributed by atoms with E-state index in [2.05, 4.69) is 10.3 Å². The predicted octanol–water partition coefficient (Wildman–Crippen LogP) is 4.12. The molecule has 3 aromatic rings. The number of amides is 1. The Balaban J connectivity index is 1.78. The summed E-state index contributed by atoms with van der Waals surface area (Å²) in [5, 5.41) is 4.76. The Hall–Kier alpha value is -2.22. The number of aromatic nitrogens is 1. The molecule has 0 radical (unpaired) electrons. The Morgan fingerprint density at radius 1 is 1.16 bits per heavy atom. The number of halogens is 1. The molecule has 1 amide bonds. The van der Waals surface area contributed by atoms with Crippen molar-refractivity contribution >= 4 is 44.4 Å². The Kier molecular flexibility index (Phi) is 4.89. The highest BCUT2D eigenvalue weighted by atomic mass is 35.5. The van der Waals surface area contributed by atoms with Crippen molar-refractivity contribution in [2.45, 2.75) is 4.90 Å². The highest BCUT2D eigenvalue weighted by Gasteiger charge is 2.15. The monoisotopic (exact) mass is 392 g/mol. The molecule has 0 saturated heterocycles. The molecule has 1 aromatic heterocycles. The van der Waals surface area contributed by atoms with Crippen LogP contribution in [0.15, 0.2) is 58.3 Å². The van der Waals surface area contributed by atoms with E-state index in [0.717, 1.165) is 17.5 Å². The van der Waals surface area contributed by atoms with E-state index in [9.17, 15) is 13.2 Å². The molecule has 8 heteroatoms. The summed E-state index contributed by atoms with van der Waals surface area (Å²) < 4.78 is 23.0. The Morgan fingerprint density at radius 2 is 1.88 bits per heavy atom. The number of sulfone groups is 1.